The molecule has 1 amide bonds. The summed E-state index contributed by atoms with van der Waals surface area (Å²) in [6.07, 6.45) is 1.65. The predicted molar refractivity (Wildman–Crippen MR) is 135 cm³/mol. The van der Waals surface area contributed by atoms with Crippen molar-refractivity contribution in [2.45, 2.75) is 25.9 Å². The Morgan fingerprint density at radius 3 is 2.35 bits per heavy atom. The SMILES string of the molecule is O=C(NCc1ccccc1)[C@H]1CCCN(c2nc3ccccc3n(Cc3ccccc3)c2=O)C1. The van der Waals surface area contributed by atoms with Gasteiger partial charge in [0.05, 0.1) is 23.5 Å². The Hall–Kier alpha value is -3.93. The van der Waals surface area contributed by atoms with Gasteiger partial charge >= 0.3 is 0 Å². The van der Waals surface area contributed by atoms with Gasteiger partial charge in [-0.25, -0.2) is 4.98 Å². The number of piperidine rings is 1. The fourth-order valence-electron chi connectivity index (χ4n) is 4.62. The Morgan fingerprint density at radius 2 is 1.59 bits per heavy atom. The number of anilines is 1. The Morgan fingerprint density at radius 1 is 0.912 bits per heavy atom. The number of nitrogens with one attached hydrogen (secondary N) is 1. The second kappa shape index (κ2) is 9.91. The van der Waals surface area contributed by atoms with Crippen LogP contribution in [0.15, 0.2) is 89.7 Å². The number of carbonyl (C=O) groups excluding carboxylic acids is 1. The van der Waals surface area contributed by atoms with Crippen LogP contribution in [0.5, 0.6) is 0 Å². The van der Waals surface area contributed by atoms with Crippen molar-refractivity contribution in [3.63, 3.8) is 0 Å². The smallest absolute Gasteiger partial charge is 0.294 e. The minimum atomic E-state index is -0.173. The van der Waals surface area contributed by atoms with E-state index >= 15 is 0 Å². The van der Waals surface area contributed by atoms with Gasteiger partial charge in [0, 0.05) is 19.6 Å². The van der Waals surface area contributed by atoms with Gasteiger partial charge in [-0.2, -0.15) is 0 Å². The highest BCUT2D eigenvalue weighted by atomic mass is 16.2. The predicted octanol–water partition coefficient (Wildman–Crippen LogP) is 3.98. The molecule has 4 aromatic rings. The van der Waals surface area contributed by atoms with Crippen LogP contribution in [0.4, 0.5) is 5.82 Å². The van der Waals surface area contributed by atoms with Crippen molar-refractivity contribution in [1.82, 2.24) is 14.9 Å². The Bertz CT molecular complexity index is 1340. The number of amides is 1. The number of nitrogens with zero attached hydrogens (tertiary/aromatic N) is 3. The molecule has 5 rings (SSSR count). The number of aromatic nitrogens is 2. The largest absolute Gasteiger partial charge is 0.352 e. The summed E-state index contributed by atoms with van der Waals surface area (Å²) in [5, 5.41) is 3.06. The van der Waals surface area contributed by atoms with Gasteiger partial charge in [0.1, 0.15) is 0 Å². The van der Waals surface area contributed by atoms with Gasteiger partial charge < -0.3 is 10.2 Å². The van der Waals surface area contributed by atoms with E-state index in [-0.39, 0.29) is 17.4 Å². The van der Waals surface area contributed by atoms with Gasteiger partial charge in [0.25, 0.3) is 5.56 Å². The zero-order chi connectivity index (χ0) is 23.3. The zero-order valence-electron chi connectivity index (χ0n) is 19.1. The summed E-state index contributed by atoms with van der Waals surface area (Å²) in [5.41, 5.74) is 3.61. The lowest BCUT2D eigenvalue weighted by Crippen LogP contribution is -2.45. The number of hydrogen-bond donors (Lipinski definition) is 1. The van der Waals surface area contributed by atoms with Crippen molar-refractivity contribution in [3.05, 3.63) is 106 Å². The first-order chi connectivity index (χ1) is 16.7. The standard InChI is InChI=1S/C28H28N4O2/c33-27(29-18-21-10-3-1-4-11-21)23-14-9-17-31(20-23)26-28(34)32(19-22-12-5-2-6-13-22)25-16-8-7-15-24(25)30-26/h1-8,10-13,15-16,23H,9,14,17-20H2,(H,29,33)/t23-/m0/s1. The molecule has 0 spiro atoms. The summed E-state index contributed by atoms with van der Waals surface area (Å²) in [6.45, 7) is 2.19. The van der Waals surface area contributed by atoms with Crippen molar-refractivity contribution in [1.29, 1.82) is 0 Å². The molecule has 172 valence electrons. The summed E-state index contributed by atoms with van der Waals surface area (Å²) in [5.74, 6) is 0.279. The van der Waals surface area contributed by atoms with Crippen molar-refractivity contribution >= 4 is 22.8 Å². The lowest BCUT2D eigenvalue weighted by atomic mass is 9.97. The first-order valence-electron chi connectivity index (χ1n) is 11.8. The molecule has 1 aliphatic heterocycles. The molecule has 0 bridgehead atoms. The third kappa shape index (κ3) is 4.71. The zero-order valence-corrected chi connectivity index (χ0v) is 19.1. The summed E-state index contributed by atoms with van der Waals surface area (Å²) in [6, 6.07) is 27.6. The van der Waals surface area contributed by atoms with Crippen LogP contribution in [-0.4, -0.2) is 28.5 Å². The maximum absolute atomic E-state index is 13.6. The number of benzene rings is 3. The van der Waals surface area contributed by atoms with Crippen LogP contribution >= 0.6 is 0 Å². The van der Waals surface area contributed by atoms with Gasteiger partial charge in [0.2, 0.25) is 5.91 Å². The van der Waals surface area contributed by atoms with Gasteiger partial charge in [-0.1, -0.05) is 72.8 Å². The molecule has 0 saturated carbocycles. The lowest BCUT2D eigenvalue weighted by Gasteiger charge is -2.32. The molecular formula is C28H28N4O2. The number of hydrogen-bond acceptors (Lipinski definition) is 4. The van der Waals surface area contributed by atoms with E-state index in [1.807, 2.05) is 89.8 Å². The fraction of sp³-hybridized carbons (Fsp3) is 0.250. The molecule has 3 aromatic carbocycles. The van der Waals surface area contributed by atoms with E-state index in [0.29, 0.717) is 32.0 Å². The molecular weight excluding hydrogens is 424 g/mol. The van der Waals surface area contributed by atoms with Crippen molar-refractivity contribution in [3.8, 4) is 0 Å². The Labute approximate surface area is 198 Å². The van der Waals surface area contributed by atoms with Gasteiger partial charge in [-0.05, 0) is 36.1 Å². The normalized spacial score (nSPS) is 15.9. The lowest BCUT2D eigenvalue weighted by molar-refractivity contribution is -0.125. The minimum absolute atomic E-state index is 0.0268. The van der Waals surface area contributed by atoms with E-state index in [4.69, 9.17) is 4.98 Å². The highest BCUT2D eigenvalue weighted by molar-refractivity contribution is 5.80. The van der Waals surface area contributed by atoms with Crippen LogP contribution in [0.2, 0.25) is 0 Å². The van der Waals surface area contributed by atoms with Crippen LogP contribution in [-0.2, 0) is 17.9 Å². The van der Waals surface area contributed by atoms with E-state index in [9.17, 15) is 9.59 Å². The molecule has 0 unspecified atom stereocenters. The summed E-state index contributed by atoms with van der Waals surface area (Å²) in [7, 11) is 0. The Balaban J connectivity index is 1.40. The van der Waals surface area contributed by atoms with E-state index in [1.165, 1.54) is 0 Å². The van der Waals surface area contributed by atoms with Gasteiger partial charge in [-0.3, -0.25) is 14.2 Å². The summed E-state index contributed by atoms with van der Waals surface area (Å²) in [4.78, 5) is 33.3. The molecule has 1 aliphatic rings. The fourth-order valence-corrected chi connectivity index (χ4v) is 4.62. The minimum Gasteiger partial charge on any atom is -0.352 e. The second-order valence-electron chi connectivity index (χ2n) is 8.79. The summed E-state index contributed by atoms with van der Waals surface area (Å²) < 4.78 is 1.80. The second-order valence-corrected chi connectivity index (χ2v) is 8.79. The van der Waals surface area contributed by atoms with Crippen molar-refractivity contribution in [2.24, 2.45) is 5.92 Å². The van der Waals surface area contributed by atoms with Crippen molar-refractivity contribution in [2.75, 3.05) is 18.0 Å². The van der Waals surface area contributed by atoms with Crippen LogP contribution in [0.3, 0.4) is 0 Å². The van der Waals surface area contributed by atoms with E-state index in [1.54, 1.807) is 4.57 Å². The number of fused-ring (bicyclic) bond motifs is 1. The number of para-hydroxylation sites is 2. The first kappa shape index (κ1) is 21.9. The van der Waals surface area contributed by atoms with Crippen LogP contribution in [0.25, 0.3) is 11.0 Å². The maximum Gasteiger partial charge on any atom is 0.294 e. The molecule has 1 atom stereocenters. The molecule has 2 heterocycles. The van der Waals surface area contributed by atoms with Crippen LogP contribution in [0.1, 0.15) is 24.0 Å². The molecule has 1 N–H and O–H groups in total. The quantitative estimate of drug-likeness (QED) is 0.481. The monoisotopic (exact) mass is 452 g/mol. The van der Waals surface area contributed by atoms with E-state index < -0.39 is 0 Å². The molecule has 1 saturated heterocycles. The highest BCUT2D eigenvalue weighted by Crippen LogP contribution is 2.22. The molecule has 34 heavy (non-hydrogen) atoms. The number of carbonyl (C=O) groups is 1. The average molecular weight is 453 g/mol. The van der Waals surface area contributed by atoms with Crippen LogP contribution in [0, 0.1) is 5.92 Å². The maximum atomic E-state index is 13.6. The third-order valence-corrected chi connectivity index (χ3v) is 6.42. The van der Waals surface area contributed by atoms with Gasteiger partial charge in [-0.15, -0.1) is 0 Å². The molecule has 1 aromatic heterocycles. The molecule has 6 nitrogen and oxygen atoms in total. The van der Waals surface area contributed by atoms with E-state index in [2.05, 4.69) is 5.32 Å². The van der Waals surface area contributed by atoms with Crippen LogP contribution < -0.4 is 15.8 Å². The average Bonchev–Trinajstić information content (AvgIpc) is 2.90. The highest BCUT2D eigenvalue weighted by Gasteiger charge is 2.28. The Kier molecular flexibility index (Phi) is 6.38. The van der Waals surface area contributed by atoms with Crippen molar-refractivity contribution < 1.29 is 4.79 Å². The molecule has 6 heteroatoms. The van der Waals surface area contributed by atoms with E-state index in [0.717, 1.165) is 35.0 Å². The topological polar surface area (TPSA) is 67.2 Å². The molecule has 0 radical (unpaired) electrons. The third-order valence-electron chi connectivity index (χ3n) is 6.42. The molecule has 0 aliphatic carbocycles. The summed E-state index contributed by atoms with van der Waals surface area (Å²) >= 11 is 0. The molecule has 1 fully saturated rings. The van der Waals surface area contributed by atoms with Gasteiger partial charge in [0.15, 0.2) is 5.82 Å². The number of rotatable bonds is 6. The first-order valence-corrected chi connectivity index (χ1v) is 11.8.